The van der Waals surface area contributed by atoms with Gasteiger partial charge in [-0.2, -0.15) is 0 Å². The minimum atomic E-state index is -0.949. The van der Waals surface area contributed by atoms with E-state index in [4.69, 9.17) is 5.11 Å². The summed E-state index contributed by atoms with van der Waals surface area (Å²) < 4.78 is 0. The zero-order valence-corrected chi connectivity index (χ0v) is 9.03. The summed E-state index contributed by atoms with van der Waals surface area (Å²) in [6, 6.07) is 1.62. The second-order valence-corrected chi connectivity index (χ2v) is 2.90. The topological polar surface area (TPSA) is 66.0 Å². The minimum Gasteiger partial charge on any atom is -0.478 e. The molecule has 80 valence electrons. The SMILES string of the molecule is CC.Cc1c[nH]c2ncc(C(=O)O)cc12. The van der Waals surface area contributed by atoms with Gasteiger partial charge in [0.05, 0.1) is 5.56 Å². The minimum absolute atomic E-state index is 0.218. The number of H-pyrrole nitrogens is 1. The Morgan fingerprint density at radius 2 is 2.13 bits per heavy atom. The van der Waals surface area contributed by atoms with E-state index in [0.29, 0.717) is 0 Å². The number of aromatic carboxylic acids is 1. The van der Waals surface area contributed by atoms with Crippen molar-refractivity contribution in [2.75, 3.05) is 0 Å². The molecule has 0 spiro atoms. The number of fused-ring (bicyclic) bond motifs is 1. The zero-order valence-electron chi connectivity index (χ0n) is 9.03. The van der Waals surface area contributed by atoms with Gasteiger partial charge in [-0.05, 0) is 18.6 Å². The maximum atomic E-state index is 10.6. The third-order valence-corrected chi connectivity index (χ3v) is 1.98. The Labute approximate surface area is 88.0 Å². The first-order valence-corrected chi connectivity index (χ1v) is 4.85. The summed E-state index contributed by atoms with van der Waals surface area (Å²) in [5, 5.41) is 9.58. The van der Waals surface area contributed by atoms with Gasteiger partial charge in [0.15, 0.2) is 0 Å². The largest absolute Gasteiger partial charge is 0.478 e. The average Bonchev–Trinajstić information content (AvgIpc) is 2.63. The van der Waals surface area contributed by atoms with Crippen LogP contribution in [0.5, 0.6) is 0 Å². The molecule has 0 aliphatic carbocycles. The van der Waals surface area contributed by atoms with Crippen molar-refractivity contribution in [3.8, 4) is 0 Å². The van der Waals surface area contributed by atoms with Gasteiger partial charge < -0.3 is 10.1 Å². The number of carboxylic acid groups (broad SMARTS) is 1. The number of aromatic nitrogens is 2. The number of carboxylic acids is 1. The van der Waals surface area contributed by atoms with Gasteiger partial charge in [0.25, 0.3) is 0 Å². The molecule has 2 aromatic rings. The smallest absolute Gasteiger partial charge is 0.337 e. The van der Waals surface area contributed by atoms with E-state index < -0.39 is 5.97 Å². The van der Waals surface area contributed by atoms with E-state index in [1.165, 1.54) is 6.20 Å². The summed E-state index contributed by atoms with van der Waals surface area (Å²) in [6.07, 6.45) is 3.16. The third kappa shape index (κ3) is 2.15. The lowest BCUT2D eigenvalue weighted by Crippen LogP contribution is -1.96. The van der Waals surface area contributed by atoms with Crippen LogP contribution < -0.4 is 0 Å². The predicted octanol–water partition coefficient (Wildman–Crippen LogP) is 2.60. The monoisotopic (exact) mass is 206 g/mol. The van der Waals surface area contributed by atoms with Crippen molar-refractivity contribution in [2.24, 2.45) is 0 Å². The molecule has 4 heteroatoms. The van der Waals surface area contributed by atoms with Crippen LogP contribution in [0.2, 0.25) is 0 Å². The first-order chi connectivity index (χ1) is 7.18. The fourth-order valence-electron chi connectivity index (χ4n) is 1.25. The molecular formula is C11H14N2O2. The second kappa shape index (κ2) is 4.59. The van der Waals surface area contributed by atoms with Gasteiger partial charge in [0.1, 0.15) is 5.65 Å². The van der Waals surface area contributed by atoms with Crippen molar-refractivity contribution >= 4 is 17.0 Å². The van der Waals surface area contributed by atoms with Gasteiger partial charge in [-0.25, -0.2) is 9.78 Å². The lowest BCUT2D eigenvalue weighted by molar-refractivity contribution is 0.0696. The van der Waals surface area contributed by atoms with Gasteiger partial charge in [-0.3, -0.25) is 0 Å². The number of pyridine rings is 1. The highest BCUT2D eigenvalue weighted by Gasteiger charge is 2.06. The first kappa shape index (κ1) is 11.2. The van der Waals surface area contributed by atoms with Crippen molar-refractivity contribution in [3.63, 3.8) is 0 Å². The number of aromatic amines is 1. The molecule has 0 unspecified atom stereocenters. The Balaban J connectivity index is 0.000000531. The van der Waals surface area contributed by atoms with E-state index in [0.717, 1.165) is 16.6 Å². The van der Waals surface area contributed by atoms with Crippen molar-refractivity contribution in [1.82, 2.24) is 9.97 Å². The van der Waals surface area contributed by atoms with Crippen LogP contribution in [0.1, 0.15) is 29.8 Å². The van der Waals surface area contributed by atoms with E-state index in [2.05, 4.69) is 9.97 Å². The summed E-state index contributed by atoms with van der Waals surface area (Å²) in [5.41, 5.74) is 1.95. The standard InChI is InChI=1S/C9H8N2O2.C2H6/c1-5-3-10-8-7(5)2-6(4-11-8)9(12)13;1-2/h2-4H,1H3,(H,10,11)(H,12,13);1-2H3. The predicted molar refractivity (Wildman–Crippen MR) is 59.1 cm³/mol. The lowest BCUT2D eigenvalue weighted by atomic mass is 10.2. The molecule has 0 radical (unpaired) electrons. The zero-order chi connectivity index (χ0) is 11.4. The van der Waals surface area contributed by atoms with Crippen molar-refractivity contribution in [3.05, 3.63) is 29.6 Å². The van der Waals surface area contributed by atoms with Gasteiger partial charge >= 0.3 is 5.97 Å². The van der Waals surface area contributed by atoms with Gasteiger partial charge in [-0.1, -0.05) is 13.8 Å². The van der Waals surface area contributed by atoms with Crippen LogP contribution in [-0.2, 0) is 0 Å². The fraction of sp³-hybridized carbons (Fsp3) is 0.273. The number of nitrogens with one attached hydrogen (secondary N) is 1. The van der Waals surface area contributed by atoms with Crippen LogP contribution in [0.4, 0.5) is 0 Å². The highest BCUT2D eigenvalue weighted by molar-refractivity contribution is 5.92. The molecule has 0 amide bonds. The Bertz CT molecular complexity index is 474. The maximum Gasteiger partial charge on any atom is 0.337 e. The molecule has 0 aliphatic rings. The highest BCUT2D eigenvalue weighted by Crippen LogP contribution is 2.16. The quantitative estimate of drug-likeness (QED) is 0.753. The fourth-order valence-corrected chi connectivity index (χ4v) is 1.25. The van der Waals surface area contributed by atoms with Crippen LogP contribution in [-0.4, -0.2) is 21.0 Å². The molecule has 0 bridgehead atoms. The molecule has 2 N–H and O–H groups in total. The van der Waals surface area contributed by atoms with E-state index >= 15 is 0 Å². The van der Waals surface area contributed by atoms with Crippen LogP contribution in [0.3, 0.4) is 0 Å². The molecule has 0 fully saturated rings. The average molecular weight is 206 g/mol. The molecule has 2 aromatic heterocycles. The molecule has 4 nitrogen and oxygen atoms in total. The Morgan fingerprint density at radius 1 is 1.47 bits per heavy atom. The second-order valence-electron chi connectivity index (χ2n) is 2.90. The Morgan fingerprint density at radius 3 is 2.73 bits per heavy atom. The number of carbonyl (C=O) groups is 1. The normalized spacial score (nSPS) is 9.53. The number of rotatable bonds is 1. The molecule has 0 saturated heterocycles. The van der Waals surface area contributed by atoms with Crippen molar-refractivity contribution in [1.29, 1.82) is 0 Å². The molecule has 0 aliphatic heterocycles. The van der Waals surface area contributed by atoms with Gasteiger partial charge in [0.2, 0.25) is 0 Å². The lowest BCUT2D eigenvalue weighted by Gasteiger charge is -1.94. The maximum absolute atomic E-state index is 10.6. The molecule has 0 atom stereocenters. The summed E-state index contributed by atoms with van der Waals surface area (Å²) in [6.45, 7) is 5.91. The van der Waals surface area contributed by atoms with E-state index in [-0.39, 0.29) is 5.56 Å². The van der Waals surface area contributed by atoms with Crippen molar-refractivity contribution < 1.29 is 9.90 Å². The molecule has 0 saturated carbocycles. The number of nitrogens with zero attached hydrogens (tertiary/aromatic N) is 1. The van der Waals surface area contributed by atoms with E-state index in [1.807, 2.05) is 27.0 Å². The van der Waals surface area contributed by atoms with Gasteiger partial charge in [0, 0.05) is 17.8 Å². The number of aryl methyl sites for hydroxylation is 1. The number of hydrogen-bond acceptors (Lipinski definition) is 2. The summed E-state index contributed by atoms with van der Waals surface area (Å²) in [7, 11) is 0. The van der Waals surface area contributed by atoms with E-state index in [1.54, 1.807) is 6.07 Å². The molecule has 2 heterocycles. The third-order valence-electron chi connectivity index (χ3n) is 1.98. The van der Waals surface area contributed by atoms with Crippen LogP contribution in [0.25, 0.3) is 11.0 Å². The summed E-state index contributed by atoms with van der Waals surface area (Å²) in [5.74, 6) is -0.949. The molecule has 2 rings (SSSR count). The highest BCUT2D eigenvalue weighted by atomic mass is 16.4. The van der Waals surface area contributed by atoms with Crippen LogP contribution >= 0.6 is 0 Å². The molecule has 15 heavy (non-hydrogen) atoms. The van der Waals surface area contributed by atoms with Crippen LogP contribution in [0.15, 0.2) is 18.5 Å². The Kier molecular flexibility index (Phi) is 3.44. The molecular weight excluding hydrogens is 192 g/mol. The number of hydrogen-bond donors (Lipinski definition) is 2. The van der Waals surface area contributed by atoms with Crippen molar-refractivity contribution in [2.45, 2.75) is 20.8 Å². The van der Waals surface area contributed by atoms with E-state index in [9.17, 15) is 4.79 Å². The first-order valence-electron chi connectivity index (χ1n) is 4.85. The summed E-state index contributed by atoms with van der Waals surface area (Å²) >= 11 is 0. The van der Waals surface area contributed by atoms with Crippen LogP contribution in [0, 0.1) is 6.92 Å². The summed E-state index contributed by atoms with van der Waals surface area (Å²) in [4.78, 5) is 17.6. The Hall–Kier alpha value is -1.84. The molecule has 0 aromatic carbocycles. The van der Waals surface area contributed by atoms with Gasteiger partial charge in [-0.15, -0.1) is 0 Å².